The Morgan fingerprint density at radius 3 is 2.78 bits per heavy atom. The molecule has 4 nitrogen and oxygen atoms in total. The fourth-order valence-corrected chi connectivity index (χ4v) is 2.04. The average Bonchev–Trinajstić information content (AvgIpc) is 2.34. The van der Waals surface area contributed by atoms with Crippen molar-refractivity contribution in [2.45, 2.75) is 6.42 Å². The molecule has 0 aliphatic rings. The summed E-state index contributed by atoms with van der Waals surface area (Å²) >= 11 is 8.61. The van der Waals surface area contributed by atoms with E-state index in [-0.39, 0.29) is 0 Å². The average molecular weight is 333 g/mol. The number of benzene rings is 1. The smallest absolute Gasteiger partial charge is 0.170 e. The number of hydrogen-bond donors (Lipinski definition) is 2. The molecule has 0 aliphatic heterocycles. The van der Waals surface area contributed by atoms with Crippen molar-refractivity contribution >= 4 is 38.9 Å². The zero-order chi connectivity index (χ0) is 13.4. The van der Waals surface area contributed by atoms with Crippen LogP contribution in [0.25, 0.3) is 0 Å². The molecule has 0 aliphatic carbocycles. The van der Waals surface area contributed by atoms with Crippen molar-refractivity contribution in [3.05, 3.63) is 22.7 Å². The minimum absolute atomic E-state index is 0.589. The van der Waals surface area contributed by atoms with Gasteiger partial charge >= 0.3 is 0 Å². The lowest BCUT2D eigenvalue weighted by molar-refractivity contribution is 0.196. The van der Waals surface area contributed by atoms with Gasteiger partial charge in [-0.05, 0) is 30.8 Å². The van der Waals surface area contributed by atoms with Crippen LogP contribution in [-0.2, 0) is 4.74 Å². The molecule has 0 aromatic heterocycles. The van der Waals surface area contributed by atoms with Crippen molar-refractivity contribution in [2.24, 2.45) is 0 Å². The van der Waals surface area contributed by atoms with Crippen LogP contribution in [0.2, 0.25) is 0 Å². The number of ether oxygens (including phenoxy) is 2. The van der Waals surface area contributed by atoms with Gasteiger partial charge in [0, 0.05) is 36.5 Å². The van der Waals surface area contributed by atoms with Gasteiger partial charge in [0.2, 0.25) is 0 Å². The summed E-state index contributed by atoms with van der Waals surface area (Å²) in [5.41, 5.74) is 0.880. The van der Waals surface area contributed by atoms with Gasteiger partial charge in [-0.25, -0.2) is 0 Å². The van der Waals surface area contributed by atoms with Crippen LogP contribution in [0.3, 0.4) is 0 Å². The number of anilines is 1. The normalized spacial score (nSPS) is 9.94. The first-order valence-corrected chi connectivity index (χ1v) is 6.74. The first kappa shape index (κ1) is 15.2. The molecule has 0 heterocycles. The molecule has 0 bridgehead atoms. The van der Waals surface area contributed by atoms with Crippen LogP contribution in [0.1, 0.15) is 6.42 Å². The highest BCUT2D eigenvalue weighted by molar-refractivity contribution is 9.10. The van der Waals surface area contributed by atoms with Crippen molar-refractivity contribution in [3.8, 4) is 5.75 Å². The molecule has 100 valence electrons. The van der Waals surface area contributed by atoms with Gasteiger partial charge in [0.15, 0.2) is 5.11 Å². The van der Waals surface area contributed by atoms with Crippen LogP contribution in [-0.4, -0.2) is 32.5 Å². The lowest BCUT2D eigenvalue weighted by atomic mass is 10.3. The minimum Gasteiger partial charge on any atom is -0.497 e. The van der Waals surface area contributed by atoms with Gasteiger partial charge < -0.3 is 20.1 Å². The van der Waals surface area contributed by atoms with Crippen molar-refractivity contribution in [1.82, 2.24) is 5.32 Å². The summed E-state index contributed by atoms with van der Waals surface area (Å²) in [6.07, 6.45) is 0.917. The van der Waals surface area contributed by atoms with E-state index in [1.54, 1.807) is 14.2 Å². The third kappa shape index (κ3) is 5.66. The van der Waals surface area contributed by atoms with Crippen molar-refractivity contribution in [2.75, 3.05) is 32.7 Å². The molecule has 1 aromatic rings. The van der Waals surface area contributed by atoms with E-state index in [0.29, 0.717) is 5.11 Å². The molecule has 6 heteroatoms. The van der Waals surface area contributed by atoms with Gasteiger partial charge in [0.25, 0.3) is 0 Å². The molecule has 1 aromatic carbocycles. The predicted octanol–water partition coefficient (Wildman–Crippen LogP) is 2.78. The number of nitrogens with one attached hydrogen (secondary N) is 2. The number of hydrogen-bond acceptors (Lipinski definition) is 3. The SMILES string of the molecule is COCCCNC(=S)Nc1cc(Br)cc(OC)c1. The lowest BCUT2D eigenvalue weighted by Crippen LogP contribution is -2.29. The molecule has 0 atom stereocenters. The minimum atomic E-state index is 0.589. The zero-order valence-corrected chi connectivity index (χ0v) is 12.9. The summed E-state index contributed by atoms with van der Waals surface area (Å²) in [6, 6.07) is 5.71. The molecule has 0 fully saturated rings. The van der Waals surface area contributed by atoms with Crippen molar-refractivity contribution in [3.63, 3.8) is 0 Å². The number of thiocarbonyl (C=S) groups is 1. The Morgan fingerprint density at radius 2 is 2.11 bits per heavy atom. The van der Waals surface area contributed by atoms with E-state index in [0.717, 1.165) is 35.5 Å². The summed E-state index contributed by atoms with van der Waals surface area (Å²) in [4.78, 5) is 0. The molecular formula is C12H17BrN2O2S. The van der Waals surface area contributed by atoms with Gasteiger partial charge in [-0.2, -0.15) is 0 Å². The van der Waals surface area contributed by atoms with Crippen LogP contribution in [0.15, 0.2) is 22.7 Å². The van der Waals surface area contributed by atoms with Crippen LogP contribution in [0, 0.1) is 0 Å². The van der Waals surface area contributed by atoms with Crippen LogP contribution >= 0.6 is 28.1 Å². The Balaban J connectivity index is 2.46. The van der Waals surface area contributed by atoms with E-state index in [4.69, 9.17) is 21.7 Å². The monoisotopic (exact) mass is 332 g/mol. The Bertz CT molecular complexity index is 402. The highest BCUT2D eigenvalue weighted by Crippen LogP contribution is 2.24. The first-order valence-electron chi connectivity index (χ1n) is 5.54. The molecule has 2 N–H and O–H groups in total. The molecule has 0 radical (unpaired) electrons. The van der Waals surface area contributed by atoms with Gasteiger partial charge in [-0.15, -0.1) is 0 Å². The number of methoxy groups -OCH3 is 2. The number of halogens is 1. The van der Waals surface area contributed by atoms with Gasteiger partial charge in [-0.3, -0.25) is 0 Å². The quantitative estimate of drug-likeness (QED) is 0.619. The molecular weight excluding hydrogens is 316 g/mol. The van der Waals surface area contributed by atoms with Crippen LogP contribution in [0.5, 0.6) is 5.75 Å². The second kappa shape index (κ2) is 8.29. The Kier molecular flexibility index (Phi) is 7.00. The van der Waals surface area contributed by atoms with Crippen molar-refractivity contribution < 1.29 is 9.47 Å². The highest BCUT2D eigenvalue weighted by Gasteiger charge is 2.01. The Morgan fingerprint density at radius 1 is 1.33 bits per heavy atom. The maximum Gasteiger partial charge on any atom is 0.170 e. The van der Waals surface area contributed by atoms with Crippen LogP contribution in [0.4, 0.5) is 5.69 Å². The molecule has 1 rings (SSSR count). The highest BCUT2D eigenvalue weighted by atomic mass is 79.9. The van der Waals surface area contributed by atoms with Gasteiger partial charge in [0.1, 0.15) is 5.75 Å². The molecule has 0 saturated heterocycles. The van der Waals surface area contributed by atoms with E-state index >= 15 is 0 Å². The summed E-state index contributed by atoms with van der Waals surface area (Å²) in [5.74, 6) is 0.772. The molecule has 0 spiro atoms. The van der Waals surface area contributed by atoms with Crippen molar-refractivity contribution in [1.29, 1.82) is 0 Å². The van der Waals surface area contributed by atoms with E-state index in [9.17, 15) is 0 Å². The summed E-state index contributed by atoms with van der Waals surface area (Å²) < 4.78 is 11.1. The largest absolute Gasteiger partial charge is 0.497 e. The van der Waals surface area contributed by atoms with Crippen LogP contribution < -0.4 is 15.4 Å². The first-order chi connectivity index (χ1) is 8.65. The summed E-state index contributed by atoms with van der Waals surface area (Å²) in [5, 5.41) is 6.80. The molecule has 18 heavy (non-hydrogen) atoms. The Labute approximate surface area is 121 Å². The number of rotatable bonds is 6. The zero-order valence-electron chi connectivity index (χ0n) is 10.5. The van der Waals surface area contributed by atoms with Gasteiger partial charge in [-0.1, -0.05) is 15.9 Å². The maximum absolute atomic E-state index is 5.19. The maximum atomic E-state index is 5.19. The standard InChI is InChI=1S/C12H17BrN2O2S/c1-16-5-3-4-14-12(18)15-10-6-9(13)7-11(8-10)17-2/h6-8H,3-5H2,1-2H3,(H2,14,15,18). The molecule has 0 saturated carbocycles. The third-order valence-corrected chi connectivity index (χ3v) is 2.88. The predicted molar refractivity (Wildman–Crippen MR) is 81.4 cm³/mol. The van der Waals surface area contributed by atoms with Gasteiger partial charge in [0.05, 0.1) is 7.11 Å². The topological polar surface area (TPSA) is 42.5 Å². The lowest BCUT2D eigenvalue weighted by Gasteiger charge is -2.11. The second-order valence-corrected chi connectivity index (χ2v) is 4.93. The van der Waals surface area contributed by atoms with E-state index < -0.39 is 0 Å². The fraction of sp³-hybridized carbons (Fsp3) is 0.417. The summed E-state index contributed by atoms with van der Waals surface area (Å²) in [6.45, 7) is 1.51. The fourth-order valence-electron chi connectivity index (χ4n) is 1.35. The third-order valence-electron chi connectivity index (χ3n) is 2.18. The van der Waals surface area contributed by atoms with E-state index in [1.807, 2.05) is 18.2 Å². The summed E-state index contributed by atoms with van der Waals surface area (Å²) in [7, 11) is 3.32. The molecule has 0 unspecified atom stereocenters. The van der Waals surface area contributed by atoms with E-state index in [1.165, 1.54) is 0 Å². The molecule has 0 amide bonds. The second-order valence-electron chi connectivity index (χ2n) is 3.61. The Hall–Kier alpha value is -0.850. The van der Waals surface area contributed by atoms with E-state index in [2.05, 4.69) is 26.6 Å².